The molecule has 8 nitrogen and oxygen atoms in total. The monoisotopic (exact) mass is 491 g/mol. The number of anilines is 2. The molecule has 9 heteroatoms. The Hall–Kier alpha value is -4.48. The topological polar surface area (TPSA) is 110 Å². The molecular formula is C26H22ClN3O5. The number of nitriles is 1. The third-order valence-corrected chi connectivity index (χ3v) is 4.92. The van der Waals surface area contributed by atoms with Crippen molar-refractivity contribution in [3.05, 3.63) is 82.9 Å². The average molecular weight is 492 g/mol. The van der Waals surface area contributed by atoms with Gasteiger partial charge in [0.2, 0.25) is 0 Å². The third-order valence-electron chi connectivity index (χ3n) is 4.69. The van der Waals surface area contributed by atoms with Gasteiger partial charge in [0, 0.05) is 10.7 Å². The molecule has 2 amide bonds. The minimum absolute atomic E-state index is 0.148. The molecule has 3 aromatic rings. The largest absolute Gasteiger partial charge is 0.495 e. The van der Waals surface area contributed by atoms with Gasteiger partial charge < -0.3 is 24.8 Å². The number of para-hydroxylation sites is 1. The van der Waals surface area contributed by atoms with Crippen LogP contribution in [0, 0.1) is 11.3 Å². The van der Waals surface area contributed by atoms with Gasteiger partial charge in [-0.05, 0) is 54.1 Å². The molecule has 0 spiro atoms. The number of nitrogens with one attached hydrogen (secondary N) is 2. The van der Waals surface area contributed by atoms with Crippen molar-refractivity contribution >= 4 is 40.9 Å². The maximum absolute atomic E-state index is 12.7. The second-order valence-corrected chi connectivity index (χ2v) is 7.52. The number of carbonyl (C=O) groups is 2. The third kappa shape index (κ3) is 7.00. The SMILES string of the molecule is COc1ccc(Cl)cc1NC(=O)/C(C#N)=C/c1ccc(OCC(=O)Nc2ccccc2)c(OC)c1. The van der Waals surface area contributed by atoms with Gasteiger partial charge in [-0.1, -0.05) is 35.9 Å². The number of nitrogens with zero attached hydrogens (tertiary/aromatic N) is 1. The Morgan fingerprint density at radius 2 is 1.66 bits per heavy atom. The molecule has 0 saturated heterocycles. The summed E-state index contributed by atoms with van der Waals surface area (Å²) >= 11 is 6.00. The van der Waals surface area contributed by atoms with Crippen LogP contribution in [0.15, 0.2) is 72.3 Å². The molecule has 0 radical (unpaired) electrons. The molecule has 0 fully saturated rings. The van der Waals surface area contributed by atoms with Gasteiger partial charge in [0.1, 0.15) is 17.4 Å². The van der Waals surface area contributed by atoms with Crippen LogP contribution in [0.4, 0.5) is 11.4 Å². The van der Waals surface area contributed by atoms with E-state index >= 15 is 0 Å². The first kappa shape index (κ1) is 25.1. The van der Waals surface area contributed by atoms with Crippen LogP contribution >= 0.6 is 11.6 Å². The quantitative estimate of drug-likeness (QED) is 0.325. The minimum atomic E-state index is -0.634. The Labute approximate surface area is 207 Å². The lowest BCUT2D eigenvalue weighted by Crippen LogP contribution is -2.20. The van der Waals surface area contributed by atoms with Crippen LogP contribution in [-0.2, 0) is 9.59 Å². The molecule has 0 heterocycles. The maximum atomic E-state index is 12.7. The van der Waals surface area contributed by atoms with Crippen LogP contribution in [-0.4, -0.2) is 32.6 Å². The van der Waals surface area contributed by atoms with Crippen molar-refractivity contribution in [2.24, 2.45) is 0 Å². The number of hydrogen-bond acceptors (Lipinski definition) is 6. The second kappa shape index (κ2) is 12.1. The summed E-state index contributed by atoms with van der Waals surface area (Å²) in [4.78, 5) is 24.8. The van der Waals surface area contributed by atoms with Crippen molar-refractivity contribution in [2.45, 2.75) is 0 Å². The van der Waals surface area contributed by atoms with Crippen LogP contribution in [0.2, 0.25) is 5.02 Å². The molecule has 3 aromatic carbocycles. The molecule has 0 atom stereocenters. The first-order valence-electron chi connectivity index (χ1n) is 10.4. The van der Waals surface area contributed by atoms with Crippen LogP contribution in [0.5, 0.6) is 17.2 Å². The van der Waals surface area contributed by atoms with E-state index in [0.717, 1.165) is 0 Å². The zero-order valence-electron chi connectivity index (χ0n) is 19.0. The van der Waals surface area contributed by atoms with Crippen molar-refractivity contribution in [1.29, 1.82) is 5.26 Å². The zero-order chi connectivity index (χ0) is 25.2. The molecule has 35 heavy (non-hydrogen) atoms. The van der Waals surface area contributed by atoms with Crippen LogP contribution in [0.25, 0.3) is 6.08 Å². The van der Waals surface area contributed by atoms with E-state index in [-0.39, 0.29) is 18.1 Å². The summed E-state index contributed by atoms with van der Waals surface area (Å²) in [5.41, 5.74) is 1.37. The van der Waals surface area contributed by atoms with E-state index in [9.17, 15) is 14.9 Å². The van der Waals surface area contributed by atoms with Gasteiger partial charge in [0.05, 0.1) is 19.9 Å². The first-order valence-corrected chi connectivity index (χ1v) is 10.7. The van der Waals surface area contributed by atoms with Gasteiger partial charge in [-0.3, -0.25) is 9.59 Å². The van der Waals surface area contributed by atoms with Crippen molar-refractivity contribution in [2.75, 3.05) is 31.5 Å². The summed E-state index contributed by atoms with van der Waals surface area (Å²) in [5.74, 6) is 0.103. The van der Waals surface area contributed by atoms with Crippen LogP contribution < -0.4 is 24.8 Å². The molecule has 178 valence electrons. The predicted molar refractivity (Wildman–Crippen MR) is 134 cm³/mol. The molecular weight excluding hydrogens is 470 g/mol. The lowest BCUT2D eigenvalue weighted by atomic mass is 10.1. The fourth-order valence-electron chi connectivity index (χ4n) is 3.04. The van der Waals surface area contributed by atoms with E-state index in [1.807, 2.05) is 24.3 Å². The van der Waals surface area contributed by atoms with Gasteiger partial charge in [0.15, 0.2) is 18.1 Å². The number of methoxy groups -OCH3 is 2. The Morgan fingerprint density at radius 1 is 0.943 bits per heavy atom. The highest BCUT2D eigenvalue weighted by molar-refractivity contribution is 6.31. The summed E-state index contributed by atoms with van der Waals surface area (Å²) in [6.45, 7) is -0.228. The summed E-state index contributed by atoms with van der Waals surface area (Å²) in [7, 11) is 2.91. The van der Waals surface area contributed by atoms with E-state index in [1.54, 1.807) is 42.5 Å². The summed E-state index contributed by atoms with van der Waals surface area (Å²) in [6, 6.07) is 20.5. The number of halogens is 1. The summed E-state index contributed by atoms with van der Waals surface area (Å²) in [5, 5.41) is 15.3. The number of hydrogen-bond donors (Lipinski definition) is 2. The van der Waals surface area contributed by atoms with E-state index in [2.05, 4.69) is 10.6 Å². The van der Waals surface area contributed by atoms with Gasteiger partial charge in [-0.2, -0.15) is 5.26 Å². The molecule has 2 N–H and O–H groups in total. The maximum Gasteiger partial charge on any atom is 0.266 e. The van der Waals surface area contributed by atoms with E-state index in [1.165, 1.54) is 26.4 Å². The molecule has 0 bridgehead atoms. The minimum Gasteiger partial charge on any atom is -0.495 e. The molecule has 0 unspecified atom stereocenters. The highest BCUT2D eigenvalue weighted by Crippen LogP contribution is 2.30. The van der Waals surface area contributed by atoms with Gasteiger partial charge in [-0.25, -0.2) is 0 Å². The number of benzene rings is 3. The fourth-order valence-corrected chi connectivity index (χ4v) is 3.21. The average Bonchev–Trinajstić information content (AvgIpc) is 2.87. The van der Waals surface area contributed by atoms with E-state index in [0.29, 0.717) is 39.2 Å². The molecule has 0 aliphatic heterocycles. The smallest absolute Gasteiger partial charge is 0.266 e. The Kier molecular flexibility index (Phi) is 8.70. The molecule has 0 aliphatic carbocycles. The van der Waals surface area contributed by atoms with Gasteiger partial charge >= 0.3 is 0 Å². The predicted octanol–water partition coefficient (Wildman–Crippen LogP) is 4.92. The highest BCUT2D eigenvalue weighted by atomic mass is 35.5. The van der Waals surface area contributed by atoms with Gasteiger partial charge in [0.25, 0.3) is 11.8 Å². The van der Waals surface area contributed by atoms with E-state index in [4.69, 9.17) is 25.8 Å². The van der Waals surface area contributed by atoms with Crippen molar-refractivity contribution in [3.63, 3.8) is 0 Å². The number of amides is 2. The fraction of sp³-hybridized carbons (Fsp3) is 0.115. The second-order valence-electron chi connectivity index (χ2n) is 7.08. The first-order chi connectivity index (χ1) is 16.9. The van der Waals surface area contributed by atoms with E-state index < -0.39 is 5.91 Å². The standard InChI is InChI=1S/C26H22ClN3O5/c1-33-22-11-9-19(27)14-21(22)30-26(32)18(15-28)12-17-8-10-23(24(13-17)34-2)35-16-25(31)29-20-6-4-3-5-7-20/h3-14H,16H2,1-2H3,(H,29,31)(H,30,32)/b18-12+. The highest BCUT2D eigenvalue weighted by Gasteiger charge is 2.14. The van der Waals surface area contributed by atoms with Crippen LogP contribution in [0.1, 0.15) is 5.56 Å². The van der Waals surface area contributed by atoms with Crippen molar-refractivity contribution in [1.82, 2.24) is 0 Å². The van der Waals surface area contributed by atoms with Crippen molar-refractivity contribution in [3.8, 4) is 23.3 Å². The Bertz CT molecular complexity index is 1290. The van der Waals surface area contributed by atoms with Gasteiger partial charge in [-0.15, -0.1) is 0 Å². The zero-order valence-corrected chi connectivity index (χ0v) is 19.8. The molecule has 0 saturated carbocycles. The Morgan fingerprint density at radius 3 is 2.34 bits per heavy atom. The summed E-state index contributed by atoms with van der Waals surface area (Å²) < 4.78 is 16.1. The number of ether oxygens (including phenoxy) is 3. The lowest BCUT2D eigenvalue weighted by molar-refractivity contribution is -0.118. The number of carbonyl (C=O) groups excluding carboxylic acids is 2. The normalized spacial score (nSPS) is 10.6. The van der Waals surface area contributed by atoms with Crippen molar-refractivity contribution < 1.29 is 23.8 Å². The Balaban J connectivity index is 1.71. The summed E-state index contributed by atoms with van der Waals surface area (Å²) in [6.07, 6.45) is 1.40. The van der Waals surface area contributed by atoms with Crippen LogP contribution in [0.3, 0.4) is 0 Å². The lowest BCUT2D eigenvalue weighted by Gasteiger charge is -2.12. The molecule has 3 rings (SSSR count). The number of rotatable bonds is 9. The molecule has 0 aliphatic rings. The molecule has 0 aromatic heterocycles.